The summed E-state index contributed by atoms with van der Waals surface area (Å²) < 4.78 is 22.1. The Labute approximate surface area is 217 Å². The lowest BCUT2D eigenvalue weighted by atomic mass is 9.38. The minimum absolute atomic E-state index is 0.0437. The van der Waals surface area contributed by atoms with Crippen LogP contribution in [0.2, 0.25) is 0 Å². The first-order valence-electron chi connectivity index (χ1n) is 13.1. The summed E-state index contributed by atoms with van der Waals surface area (Å²) in [4.78, 5) is 51.9. The molecule has 2 bridgehead atoms. The van der Waals surface area contributed by atoms with Gasteiger partial charge in [0.05, 0.1) is 25.6 Å². The normalized spacial score (nSPS) is 40.0. The molecular weight excluding hydrogens is 476 g/mol. The summed E-state index contributed by atoms with van der Waals surface area (Å²) in [5.41, 5.74) is -0.170. The highest BCUT2D eigenvalue weighted by Gasteiger charge is 2.70. The molecule has 1 aliphatic heterocycles. The first kappa shape index (κ1) is 25.7. The van der Waals surface area contributed by atoms with Crippen molar-refractivity contribution < 1.29 is 37.8 Å². The molecule has 0 aromatic carbocycles. The maximum atomic E-state index is 14.2. The van der Waals surface area contributed by atoms with E-state index in [1.165, 1.54) is 14.0 Å². The number of furan rings is 1. The maximum Gasteiger partial charge on any atom is 0.331 e. The summed E-state index contributed by atoms with van der Waals surface area (Å²) in [6.45, 7) is 9.43. The van der Waals surface area contributed by atoms with E-state index in [9.17, 15) is 19.2 Å². The monoisotopic (exact) mass is 512 g/mol. The first-order chi connectivity index (χ1) is 17.4. The molecule has 3 saturated carbocycles. The predicted molar refractivity (Wildman–Crippen MR) is 131 cm³/mol. The van der Waals surface area contributed by atoms with Gasteiger partial charge in [-0.15, -0.1) is 0 Å². The number of ether oxygens (including phenoxy) is 3. The average molecular weight is 513 g/mol. The molecule has 3 aliphatic carbocycles. The second kappa shape index (κ2) is 8.57. The van der Waals surface area contributed by atoms with Gasteiger partial charge in [0.2, 0.25) is 0 Å². The van der Waals surface area contributed by atoms with Gasteiger partial charge >= 0.3 is 17.9 Å². The Morgan fingerprint density at radius 1 is 1.14 bits per heavy atom. The molecule has 4 aliphatic rings. The molecule has 1 aromatic rings. The Bertz CT molecular complexity index is 1160. The minimum atomic E-state index is -0.851. The highest BCUT2D eigenvalue weighted by Crippen LogP contribution is 2.69. The van der Waals surface area contributed by atoms with Crippen LogP contribution >= 0.6 is 0 Å². The molecule has 0 unspecified atom stereocenters. The number of methoxy groups -OCH3 is 1. The summed E-state index contributed by atoms with van der Waals surface area (Å²) in [7, 11) is 1.35. The van der Waals surface area contributed by atoms with Crippen LogP contribution in [-0.2, 0) is 33.4 Å². The van der Waals surface area contributed by atoms with Crippen molar-refractivity contribution >= 4 is 23.7 Å². The van der Waals surface area contributed by atoms with E-state index in [-0.39, 0.29) is 24.0 Å². The standard InChI is InChI=1S/C29H36O8/c1-15(30)36-26-18-11-17-19(29(5,24(18)33)21(27(26,2)3)13-22(31)34-6)7-9-28(4)20(17)12-23(32)37-25(28)16-8-10-35-14-16/h8,10,12,14,17-19,21,25-26H,7,9,11,13H2,1-6H3/t17-,18-,19-,21+,25+,26-,28-,29-/m1/s1. The van der Waals surface area contributed by atoms with E-state index in [0.29, 0.717) is 6.42 Å². The van der Waals surface area contributed by atoms with Crippen LogP contribution < -0.4 is 0 Å². The van der Waals surface area contributed by atoms with Crippen molar-refractivity contribution in [2.24, 2.45) is 39.9 Å². The van der Waals surface area contributed by atoms with Crippen molar-refractivity contribution in [1.29, 1.82) is 0 Å². The van der Waals surface area contributed by atoms with Crippen molar-refractivity contribution in [3.05, 3.63) is 35.8 Å². The molecular formula is C29H36O8. The van der Waals surface area contributed by atoms with Crippen LogP contribution in [0.25, 0.3) is 0 Å². The second-order valence-electron chi connectivity index (χ2n) is 12.3. The largest absolute Gasteiger partial charge is 0.472 e. The van der Waals surface area contributed by atoms with Gasteiger partial charge in [0.15, 0.2) is 0 Å². The van der Waals surface area contributed by atoms with E-state index in [2.05, 4.69) is 6.92 Å². The number of carbonyl (C=O) groups is 4. The highest BCUT2D eigenvalue weighted by atomic mass is 16.6. The van der Waals surface area contributed by atoms with Gasteiger partial charge in [0.25, 0.3) is 0 Å². The van der Waals surface area contributed by atoms with Gasteiger partial charge in [0.1, 0.15) is 18.0 Å². The molecule has 1 aromatic heterocycles. The molecule has 0 amide bonds. The van der Waals surface area contributed by atoms with Gasteiger partial charge in [-0.1, -0.05) is 27.7 Å². The second-order valence-corrected chi connectivity index (χ2v) is 12.3. The van der Waals surface area contributed by atoms with Gasteiger partial charge in [-0.2, -0.15) is 0 Å². The van der Waals surface area contributed by atoms with E-state index in [0.717, 1.165) is 24.0 Å². The third kappa shape index (κ3) is 3.62. The number of carbonyl (C=O) groups excluding carboxylic acids is 4. The zero-order valence-electron chi connectivity index (χ0n) is 22.4. The lowest BCUT2D eigenvalue weighted by Gasteiger charge is -2.65. The number of fused-ring (bicyclic) bond motifs is 6. The molecule has 0 radical (unpaired) electrons. The topological polar surface area (TPSA) is 109 Å². The molecule has 8 heteroatoms. The van der Waals surface area contributed by atoms with Crippen LogP contribution in [-0.4, -0.2) is 36.9 Å². The molecule has 5 rings (SSSR count). The smallest absolute Gasteiger partial charge is 0.331 e. The summed E-state index contributed by atoms with van der Waals surface area (Å²) >= 11 is 0. The lowest BCUT2D eigenvalue weighted by molar-refractivity contribution is -0.210. The van der Waals surface area contributed by atoms with Crippen LogP contribution in [0.1, 0.15) is 72.0 Å². The van der Waals surface area contributed by atoms with Crippen molar-refractivity contribution in [2.75, 3.05) is 7.11 Å². The van der Waals surface area contributed by atoms with Crippen molar-refractivity contribution in [2.45, 2.75) is 72.5 Å². The number of esters is 3. The van der Waals surface area contributed by atoms with Gasteiger partial charge in [0, 0.05) is 41.2 Å². The summed E-state index contributed by atoms with van der Waals surface area (Å²) in [6.07, 6.45) is 5.62. The average Bonchev–Trinajstić information content (AvgIpc) is 3.36. The Morgan fingerprint density at radius 3 is 2.49 bits per heavy atom. The first-order valence-corrected chi connectivity index (χ1v) is 13.1. The van der Waals surface area contributed by atoms with Crippen LogP contribution in [0.4, 0.5) is 0 Å². The molecule has 0 spiro atoms. The van der Waals surface area contributed by atoms with E-state index < -0.39 is 58.2 Å². The molecule has 200 valence electrons. The fourth-order valence-corrected chi connectivity index (χ4v) is 8.55. The summed E-state index contributed by atoms with van der Waals surface area (Å²) in [6, 6.07) is 1.82. The van der Waals surface area contributed by atoms with Gasteiger partial charge in [-0.3, -0.25) is 14.4 Å². The summed E-state index contributed by atoms with van der Waals surface area (Å²) in [5, 5.41) is 0. The number of cyclic esters (lactones) is 1. The molecule has 37 heavy (non-hydrogen) atoms. The molecule has 8 atom stereocenters. The maximum absolute atomic E-state index is 14.2. The lowest BCUT2D eigenvalue weighted by Crippen LogP contribution is -2.68. The van der Waals surface area contributed by atoms with E-state index in [1.807, 2.05) is 26.8 Å². The molecule has 3 fully saturated rings. The molecule has 0 saturated heterocycles. The zero-order valence-corrected chi connectivity index (χ0v) is 22.4. The van der Waals surface area contributed by atoms with Gasteiger partial charge in [-0.25, -0.2) is 4.79 Å². The zero-order chi connectivity index (χ0) is 26.9. The summed E-state index contributed by atoms with van der Waals surface area (Å²) in [5.74, 6) is -2.32. The highest BCUT2D eigenvalue weighted by molar-refractivity contribution is 5.92. The number of hydrogen-bond acceptors (Lipinski definition) is 8. The van der Waals surface area contributed by atoms with E-state index >= 15 is 0 Å². The van der Waals surface area contributed by atoms with Gasteiger partial charge in [-0.05, 0) is 48.7 Å². The van der Waals surface area contributed by atoms with Crippen LogP contribution in [0.3, 0.4) is 0 Å². The molecule has 8 nitrogen and oxygen atoms in total. The SMILES string of the molecule is COC(=O)C[C@H]1C(C)(C)[C@H](OC(C)=O)[C@@H]2C[C@H]3C4=CC(=O)O[C@@H](c5ccoc5)[C@]4(C)CC[C@H]3[C@@]1(C)C2=O. The number of rotatable bonds is 4. The Balaban J connectivity index is 1.64. The van der Waals surface area contributed by atoms with E-state index in [1.54, 1.807) is 18.6 Å². The Morgan fingerprint density at radius 2 is 1.86 bits per heavy atom. The number of Topliss-reactive ketones (excluding diaryl/α,β-unsaturated/α-hetero) is 1. The fourth-order valence-electron chi connectivity index (χ4n) is 8.55. The van der Waals surface area contributed by atoms with E-state index in [4.69, 9.17) is 18.6 Å². The fraction of sp³-hybridized carbons (Fsp3) is 0.655. The minimum Gasteiger partial charge on any atom is -0.472 e. The number of ketones is 1. The molecule has 0 N–H and O–H groups in total. The predicted octanol–water partition coefficient (Wildman–Crippen LogP) is 4.58. The van der Waals surface area contributed by atoms with Crippen LogP contribution in [0.15, 0.2) is 34.7 Å². The Kier molecular flexibility index (Phi) is 5.96. The molecule has 2 heterocycles. The van der Waals surface area contributed by atoms with Gasteiger partial charge < -0.3 is 18.6 Å². The third-order valence-electron chi connectivity index (χ3n) is 10.2. The van der Waals surface area contributed by atoms with Crippen LogP contribution in [0.5, 0.6) is 0 Å². The van der Waals surface area contributed by atoms with Crippen LogP contribution in [0, 0.1) is 39.9 Å². The van der Waals surface area contributed by atoms with Crippen molar-refractivity contribution in [3.8, 4) is 0 Å². The Hall–Kier alpha value is -2.90. The number of hydrogen-bond donors (Lipinski definition) is 0. The van der Waals surface area contributed by atoms with Crippen molar-refractivity contribution in [3.63, 3.8) is 0 Å². The quantitative estimate of drug-likeness (QED) is 0.426. The van der Waals surface area contributed by atoms with Crippen molar-refractivity contribution in [1.82, 2.24) is 0 Å². The third-order valence-corrected chi connectivity index (χ3v) is 10.2.